The van der Waals surface area contributed by atoms with Gasteiger partial charge in [-0.1, -0.05) is 0 Å². The van der Waals surface area contributed by atoms with E-state index < -0.39 is 12.1 Å². The van der Waals surface area contributed by atoms with Crippen molar-refractivity contribution in [2.75, 3.05) is 7.11 Å². The number of phenols is 1. The molecule has 0 saturated carbocycles. The molecular formula is C17H16O5. The fourth-order valence-corrected chi connectivity index (χ4v) is 1.87. The van der Waals surface area contributed by atoms with Crippen LogP contribution in [0.1, 0.15) is 27.6 Å². The van der Waals surface area contributed by atoms with Crippen LogP contribution in [-0.4, -0.2) is 30.1 Å². The highest BCUT2D eigenvalue weighted by Crippen LogP contribution is 2.15. The standard InChI is InChI=1S/C17H16O5/c1-11(16(19)12-5-9-15(21-2)10-6-12)22-17(20)13-3-7-14(18)8-4-13/h3-11,18H,1-2H3/t11-/m1/s1. The molecule has 22 heavy (non-hydrogen) atoms. The Morgan fingerprint density at radius 2 is 1.50 bits per heavy atom. The number of rotatable bonds is 5. The van der Waals surface area contributed by atoms with Gasteiger partial charge in [-0.15, -0.1) is 0 Å². The highest BCUT2D eigenvalue weighted by molar-refractivity contribution is 6.01. The molecule has 0 radical (unpaired) electrons. The molecule has 0 spiro atoms. The summed E-state index contributed by atoms with van der Waals surface area (Å²) in [5.74, 6) is -0.214. The van der Waals surface area contributed by atoms with Crippen molar-refractivity contribution in [2.45, 2.75) is 13.0 Å². The number of Topliss-reactive ketones (excluding diaryl/α,β-unsaturated/α-hetero) is 1. The summed E-state index contributed by atoms with van der Waals surface area (Å²) in [6.45, 7) is 1.52. The van der Waals surface area contributed by atoms with Gasteiger partial charge in [0.1, 0.15) is 11.5 Å². The SMILES string of the molecule is COc1ccc(C(=O)[C@@H](C)OC(=O)c2ccc(O)cc2)cc1. The van der Waals surface area contributed by atoms with E-state index in [2.05, 4.69) is 0 Å². The number of carbonyl (C=O) groups is 2. The van der Waals surface area contributed by atoms with Crippen LogP contribution < -0.4 is 4.74 Å². The van der Waals surface area contributed by atoms with Gasteiger partial charge in [-0.3, -0.25) is 4.79 Å². The third kappa shape index (κ3) is 3.63. The lowest BCUT2D eigenvalue weighted by molar-refractivity contribution is 0.0319. The van der Waals surface area contributed by atoms with Crippen LogP contribution in [0.3, 0.4) is 0 Å². The van der Waals surface area contributed by atoms with E-state index in [0.29, 0.717) is 11.3 Å². The number of aromatic hydroxyl groups is 1. The largest absolute Gasteiger partial charge is 0.508 e. The van der Waals surface area contributed by atoms with Crippen molar-refractivity contribution in [1.82, 2.24) is 0 Å². The van der Waals surface area contributed by atoms with Crippen molar-refractivity contribution < 1.29 is 24.2 Å². The Hall–Kier alpha value is -2.82. The Bertz CT molecular complexity index is 658. The summed E-state index contributed by atoms with van der Waals surface area (Å²) >= 11 is 0. The summed E-state index contributed by atoms with van der Waals surface area (Å²) in [4.78, 5) is 24.1. The van der Waals surface area contributed by atoms with E-state index in [-0.39, 0.29) is 17.1 Å². The van der Waals surface area contributed by atoms with Gasteiger partial charge in [-0.2, -0.15) is 0 Å². The second kappa shape index (κ2) is 6.76. The van der Waals surface area contributed by atoms with Crippen molar-refractivity contribution in [3.05, 3.63) is 59.7 Å². The van der Waals surface area contributed by atoms with Gasteiger partial charge in [0.25, 0.3) is 0 Å². The predicted octanol–water partition coefficient (Wildman–Crippen LogP) is 2.83. The van der Waals surface area contributed by atoms with Gasteiger partial charge in [0.2, 0.25) is 5.78 Å². The number of methoxy groups -OCH3 is 1. The van der Waals surface area contributed by atoms with Gasteiger partial charge >= 0.3 is 5.97 Å². The first kappa shape index (κ1) is 15.6. The monoisotopic (exact) mass is 300 g/mol. The van der Waals surface area contributed by atoms with Crippen LogP contribution >= 0.6 is 0 Å². The minimum absolute atomic E-state index is 0.0545. The molecule has 2 aromatic carbocycles. The third-order valence-corrected chi connectivity index (χ3v) is 3.13. The quantitative estimate of drug-likeness (QED) is 0.679. The second-order valence-electron chi connectivity index (χ2n) is 4.69. The summed E-state index contributed by atoms with van der Waals surface area (Å²) in [5.41, 5.74) is 0.707. The number of hydrogen-bond donors (Lipinski definition) is 1. The number of hydrogen-bond acceptors (Lipinski definition) is 5. The van der Waals surface area contributed by atoms with Crippen LogP contribution in [0, 0.1) is 0 Å². The zero-order valence-electron chi connectivity index (χ0n) is 12.3. The molecule has 0 aliphatic carbocycles. The zero-order valence-corrected chi connectivity index (χ0v) is 12.3. The van der Waals surface area contributed by atoms with E-state index in [0.717, 1.165) is 0 Å². The Balaban J connectivity index is 2.03. The topological polar surface area (TPSA) is 72.8 Å². The highest BCUT2D eigenvalue weighted by Gasteiger charge is 2.20. The van der Waals surface area contributed by atoms with Crippen molar-refractivity contribution in [2.24, 2.45) is 0 Å². The predicted molar refractivity (Wildman–Crippen MR) is 80.3 cm³/mol. The average Bonchev–Trinajstić information content (AvgIpc) is 2.54. The molecule has 0 unspecified atom stereocenters. The van der Waals surface area contributed by atoms with Crippen LogP contribution in [-0.2, 0) is 4.74 Å². The van der Waals surface area contributed by atoms with Gasteiger partial charge < -0.3 is 14.6 Å². The van der Waals surface area contributed by atoms with Gasteiger partial charge in [0.05, 0.1) is 12.7 Å². The van der Waals surface area contributed by atoms with E-state index in [1.807, 2.05) is 0 Å². The molecule has 1 atom stereocenters. The average molecular weight is 300 g/mol. The molecule has 5 heteroatoms. The maximum Gasteiger partial charge on any atom is 0.338 e. The van der Waals surface area contributed by atoms with Gasteiger partial charge in [0, 0.05) is 5.56 Å². The van der Waals surface area contributed by atoms with Crippen LogP contribution in [0.2, 0.25) is 0 Å². The number of carbonyl (C=O) groups excluding carboxylic acids is 2. The van der Waals surface area contributed by atoms with Crippen molar-refractivity contribution in [3.63, 3.8) is 0 Å². The Morgan fingerprint density at radius 3 is 2.05 bits per heavy atom. The molecule has 2 rings (SSSR count). The van der Waals surface area contributed by atoms with Crippen molar-refractivity contribution >= 4 is 11.8 Å². The maximum absolute atomic E-state index is 12.2. The molecule has 0 bridgehead atoms. The minimum atomic E-state index is -0.908. The first-order valence-electron chi connectivity index (χ1n) is 6.69. The van der Waals surface area contributed by atoms with Crippen LogP contribution in [0.4, 0.5) is 0 Å². The number of ketones is 1. The normalized spacial score (nSPS) is 11.5. The van der Waals surface area contributed by atoms with Gasteiger partial charge in [-0.05, 0) is 55.5 Å². The Morgan fingerprint density at radius 1 is 0.955 bits per heavy atom. The third-order valence-electron chi connectivity index (χ3n) is 3.13. The number of phenolic OH excluding ortho intramolecular Hbond substituents is 1. The van der Waals surface area contributed by atoms with E-state index in [4.69, 9.17) is 9.47 Å². The number of esters is 1. The van der Waals surface area contributed by atoms with Crippen LogP contribution in [0.15, 0.2) is 48.5 Å². The molecule has 0 saturated heterocycles. The van der Waals surface area contributed by atoms with Crippen molar-refractivity contribution in [1.29, 1.82) is 0 Å². The van der Waals surface area contributed by atoms with Crippen molar-refractivity contribution in [3.8, 4) is 11.5 Å². The van der Waals surface area contributed by atoms with Gasteiger partial charge in [0.15, 0.2) is 6.10 Å². The zero-order chi connectivity index (χ0) is 16.1. The van der Waals surface area contributed by atoms with Crippen LogP contribution in [0.5, 0.6) is 11.5 Å². The second-order valence-corrected chi connectivity index (χ2v) is 4.69. The van der Waals surface area contributed by atoms with Gasteiger partial charge in [-0.25, -0.2) is 4.79 Å². The fraction of sp³-hybridized carbons (Fsp3) is 0.176. The summed E-state index contributed by atoms with van der Waals surface area (Å²) in [6, 6.07) is 12.2. The molecule has 2 aromatic rings. The highest BCUT2D eigenvalue weighted by atomic mass is 16.5. The smallest absolute Gasteiger partial charge is 0.338 e. The summed E-state index contributed by atoms with van der Waals surface area (Å²) < 4.78 is 10.2. The number of ether oxygens (including phenoxy) is 2. The molecule has 114 valence electrons. The first-order valence-corrected chi connectivity index (χ1v) is 6.69. The summed E-state index contributed by atoms with van der Waals surface area (Å²) in [7, 11) is 1.54. The Kier molecular flexibility index (Phi) is 4.78. The molecule has 0 amide bonds. The summed E-state index contributed by atoms with van der Waals surface area (Å²) in [6.07, 6.45) is -0.908. The number of benzene rings is 2. The summed E-state index contributed by atoms with van der Waals surface area (Å²) in [5, 5.41) is 9.18. The molecule has 0 aliphatic heterocycles. The van der Waals surface area contributed by atoms with E-state index in [9.17, 15) is 14.7 Å². The fourth-order valence-electron chi connectivity index (χ4n) is 1.87. The molecule has 0 fully saturated rings. The molecular weight excluding hydrogens is 284 g/mol. The molecule has 0 heterocycles. The van der Waals surface area contributed by atoms with E-state index in [1.54, 1.807) is 31.4 Å². The first-order chi connectivity index (χ1) is 10.5. The molecule has 5 nitrogen and oxygen atoms in total. The molecule has 1 N–H and O–H groups in total. The lowest BCUT2D eigenvalue weighted by atomic mass is 10.1. The van der Waals surface area contributed by atoms with E-state index in [1.165, 1.54) is 31.2 Å². The van der Waals surface area contributed by atoms with Crippen LogP contribution in [0.25, 0.3) is 0 Å². The minimum Gasteiger partial charge on any atom is -0.508 e. The Labute approximate surface area is 128 Å². The molecule has 0 aliphatic rings. The lowest BCUT2D eigenvalue weighted by Crippen LogP contribution is -2.24. The lowest BCUT2D eigenvalue weighted by Gasteiger charge is -2.12. The van der Waals surface area contributed by atoms with E-state index >= 15 is 0 Å². The maximum atomic E-state index is 12.2. The molecule has 0 aromatic heterocycles.